The molecule has 0 radical (unpaired) electrons. The van der Waals surface area contributed by atoms with Gasteiger partial charge in [0.1, 0.15) is 5.75 Å². The van der Waals surface area contributed by atoms with Gasteiger partial charge in [0.05, 0.1) is 0 Å². The van der Waals surface area contributed by atoms with Crippen LogP contribution in [0, 0.1) is 6.92 Å². The predicted molar refractivity (Wildman–Crippen MR) is 108 cm³/mol. The van der Waals surface area contributed by atoms with E-state index in [0.29, 0.717) is 37.2 Å². The molecule has 0 spiro atoms. The Kier molecular flexibility index (Phi) is 7.37. The van der Waals surface area contributed by atoms with Gasteiger partial charge in [-0.15, -0.1) is 0 Å². The summed E-state index contributed by atoms with van der Waals surface area (Å²) in [4.78, 5) is 25.9. The van der Waals surface area contributed by atoms with E-state index in [1.165, 1.54) is 6.92 Å². The Morgan fingerprint density at radius 1 is 1.32 bits per heavy atom. The van der Waals surface area contributed by atoms with Gasteiger partial charge in [-0.25, -0.2) is 13.1 Å². The molecule has 0 saturated carbocycles. The first-order chi connectivity index (χ1) is 13.2. The molecule has 0 atom stereocenters. The van der Waals surface area contributed by atoms with Crippen LogP contribution in [0.5, 0.6) is 5.75 Å². The number of aryl methyl sites for hydroxylation is 2. The number of hydrogen-bond acceptors (Lipinski definition) is 5. The third kappa shape index (κ3) is 5.65. The summed E-state index contributed by atoms with van der Waals surface area (Å²) in [5.41, 5.74) is 2.44. The first-order valence-electron chi connectivity index (χ1n) is 9.36. The Morgan fingerprint density at radius 2 is 1.96 bits per heavy atom. The summed E-state index contributed by atoms with van der Waals surface area (Å²) in [7, 11) is -3.47. The van der Waals surface area contributed by atoms with Crippen molar-refractivity contribution in [3.05, 3.63) is 40.8 Å². The van der Waals surface area contributed by atoms with Crippen LogP contribution in [0.2, 0.25) is 0 Å². The number of carbonyl (C=O) groups is 2. The minimum Gasteiger partial charge on any atom is -0.483 e. The standard InChI is InChI=1S/C20H28N2O5S/c1-5-16-11-14(3)18(15(4)23)12-19(16)27-13-20(24)22-9-7-17(8-10-22)21-28(25,26)6-2/h6,11-12,17,21H,2,5,7-10,13H2,1,3-4H3. The van der Waals surface area contributed by atoms with Gasteiger partial charge in [-0.05, 0) is 50.3 Å². The lowest BCUT2D eigenvalue weighted by Crippen LogP contribution is -2.47. The predicted octanol–water partition coefficient (Wildman–Crippen LogP) is 2.19. The van der Waals surface area contributed by atoms with Crippen LogP contribution < -0.4 is 9.46 Å². The van der Waals surface area contributed by atoms with Crippen molar-refractivity contribution >= 4 is 21.7 Å². The van der Waals surface area contributed by atoms with Crippen LogP contribution in [-0.2, 0) is 21.2 Å². The lowest BCUT2D eigenvalue weighted by Gasteiger charge is -2.32. The number of sulfonamides is 1. The molecule has 154 valence electrons. The van der Waals surface area contributed by atoms with Crippen LogP contribution in [0.3, 0.4) is 0 Å². The average Bonchev–Trinajstić information content (AvgIpc) is 2.66. The Labute approximate surface area is 166 Å². The zero-order valence-electron chi connectivity index (χ0n) is 16.7. The van der Waals surface area contributed by atoms with Crippen LogP contribution in [0.1, 0.15) is 48.2 Å². The normalized spacial score (nSPS) is 15.3. The van der Waals surface area contributed by atoms with E-state index in [2.05, 4.69) is 11.3 Å². The number of amides is 1. The van der Waals surface area contributed by atoms with Gasteiger partial charge in [-0.2, -0.15) is 0 Å². The van der Waals surface area contributed by atoms with Crippen LogP contribution >= 0.6 is 0 Å². The number of carbonyl (C=O) groups excluding carboxylic acids is 2. The van der Waals surface area contributed by atoms with Gasteiger partial charge in [0.2, 0.25) is 10.0 Å². The van der Waals surface area contributed by atoms with Gasteiger partial charge >= 0.3 is 0 Å². The SMILES string of the molecule is C=CS(=O)(=O)NC1CCN(C(=O)COc2cc(C(C)=O)c(C)cc2CC)CC1. The second kappa shape index (κ2) is 9.34. The fraction of sp³-hybridized carbons (Fsp3) is 0.500. The van der Waals surface area contributed by atoms with E-state index in [-0.39, 0.29) is 24.3 Å². The highest BCUT2D eigenvalue weighted by Gasteiger charge is 2.25. The molecule has 1 aromatic carbocycles. The highest BCUT2D eigenvalue weighted by Crippen LogP contribution is 2.25. The van der Waals surface area contributed by atoms with Crippen molar-refractivity contribution in [2.45, 2.75) is 46.1 Å². The van der Waals surface area contributed by atoms with Crippen molar-refractivity contribution in [3.63, 3.8) is 0 Å². The molecule has 1 aliphatic heterocycles. The number of likely N-dealkylation sites (tertiary alicyclic amines) is 1. The van der Waals surface area contributed by atoms with Gasteiger partial charge in [0.15, 0.2) is 12.4 Å². The summed E-state index contributed by atoms with van der Waals surface area (Å²) in [6.07, 6.45) is 1.81. The molecular formula is C20H28N2O5S. The number of nitrogens with zero attached hydrogens (tertiary/aromatic N) is 1. The molecule has 1 heterocycles. The van der Waals surface area contributed by atoms with Gasteiger partial charge in [-0.3, -0.25) is 9.59 Å². The largest absolute Gasteiger partial charge is 0.483 e. The lowest BCUT2D eigenvalue weighted by atomic mass is 10.00. The molecule has 7 nitrogen and oxygen atoms in total. The molecule has 2 rings (SSSR count). The molecule has 1 saturated heterocycles. The van der Waals surface area contributed by atoms with E-state index in [1.807, 2.05) is 19.9 Å². The molecule has 1 aliphatic rings. The molecule has 1 fully saturated rings. The van der Waals surface area contributed by atoms with Crippen LogP contribution in [-0.4, -0.2) is 50.7 Å². The van der Waals surface area contributed by atoms with E-state index < -0.39 is 10.0 Å². The van der Waals surface area contributed by atoms with Crippen molar-refractivity contribution in [2.24, 2.45) is 0 Å². The smallest absolute Gasteiger partial charge is 0.260 e. The summed E-state index contributed by atoms with van der Waals surface area (Å²) in [6.45, 7) is 9.46. The molecule has 1 N–H and O–H groups in total. The van der Waals surface area contributed by atoms with Gasteiger partial charge in [-0.1, -0.05) is 19.6 Å². The maximum atomic E-state index is 12.5. The Morgan fingerprint density at radius 3 is 2.50 bits per heavy atom. The Bertz CT molecular complexity index is 856. The molecule has 0 unspecified atom stereocenters. The molecular weight excluding hydrogens is 380 g/mol. The van der Waals surface area contributed by atoms with E-state index in [1.54, 1.807) is 11.0 Å². The van der Waals surface area contributed by atoms with Crippen molar-refractivity contribution in [3.8, 4) is 5.75 Å². The minimum atomic E-state index is -3.47. The number of piperidine rings is 1. The molecule has 28 heavy (non-hydrogen) atoms. The third-order valence-corrected chi connectivity index (χ3v) is 6.02. The van der Waals surface area contributed by atoms with Crippen molar-refractivity contribution in [1.82, 2.24) is 9.62 Å². The van der Waals surface area contributed by atoms with Gasteiger partial charge < -0.3 is 9.64 Å². The lowest BCUT2D eigenvalue weighted by molar-refractivity contribution is -0.134. The van der Waals surface area contributed by atoms with E-state index in [4.69, 9.17) is 4.74 Å². The summed E-state index contributed by atoms with van der Waals surface area (Å²) in [5.74, 6) is 0.359. The van der Waals surface area contributed by atoms with Crippen LogP contribution in [0.4, 0.5) is 0 Å². The third-order valence-electron chi connectivity index (χ3n) is 4.92. The molecule has 1 amide bonds. The van der Waals surface area contributed by atoms with E-state index >= 15 is 0 Å². The molecule has 0 bridgehead atoms. The maximum Gasteiger partial charge on any atom is 0.260 e. The summed E-state index contributed by atoms with van der Waals surface area (Å²) < 4.78 is 31.4. The molecule has 8 heteroatoms. The van der Waals surface area contributed by atoms with Gasteiger partial charge in [0.25, 0.3) is 5.91 Å². The number of nitrogens with one attached hydrogen (secondary N) is 1. The van der Waals surface area contributed by atoms with E-state index in [0.717, 1.165) is 23.0 Å². The van der Waals surface area contributed by atoms with Crippen LogP contribution in [0.15, 0.2) is 24.1 Å². The number of benzene rings is 1. The molecule has 0 aliphatic carbocycles. The summed E-state index contributed by atoms with van der Waals surface area (Å²) in [6, 6.07) is 3.43. The molecule has 1 aromatic rings. The average molecular weight is 409 g/mol. The number of ketones is 1. The quantitative estimate of drug-likeness (QED) is 0.666. The summed E-state index contributed by atoms with van der Waals surface area (Å²) >= 11 is 0. The topological polar surface area (TPSA) is 92.8 Å². The number of Topliss-reactive ketones (excluding diaryl/α,β-unsaturated/α-hetero) is 1. The van der Waals surface area contributed by atoms with Crippen molar-refractivity contribution < 1.29 is 22.7 Å². The fourth-order valence-corrected chi connectivity index (χ4v) is 4.09. The number of rotatable bonds is 8. The number of ether oxygens (including phenoxy) is 1. The highest BCUT2D eigenvalue weighted by molar-refractivity contribution is 7.92. The van der Waals surface area contributed by atoms with Gasteiger partial charge in [0, 0.05) is 30.1 Å². The first-order valence-corrected chi connectivity index (χ1v) is 10.9. The van der Waals surface area contributed by atoms with Crippen molar-refractivity contribution in [1.29, 1.82) is 0 Å². The monoisotopic (exact) mass is 408 g/mol. The highest BCUT2D eigenvalue weighted by atomic mass is 32.2. The number of hydrogen-bond donors (Lipinski definition) is 1. The second-order valence-corrected chi connectivity index (χ2v) is 8.62. The Hall–Kier alpha value is -2.19. The fourth-order valence-electron chi connectivity index (χ4n) is 3.30. The second-order valence-electron chi connectivity index (χ2n) is 6.96. The summed E-state index contributed by atoms with van der Waals surface area (Å²) in [5, 5.41) is 0.889. The first kappa shape index (κ1) is 22.1. The zero-order valence-corrected chi connectivity index (χ0v) is 17.5. The Balaban J connectivity index is 1.95. The zero-order chi connectivity index (χ0) is 20.9. The minimum absolute atomic E-state index is 0.0413. The van der Waals surface area contributed by atoms with E-state index in [9.17, 15) is 18.0 Å². The maximum absolute atomic E-state index is 12.5. The molecule has 0 aromatic heterocycles. The van der Waals surface area contributed by atoms with Crippen molar-refractivity contribution in [2.75, 3.05) is 19.7 Å². The van der Waals surface area contributed by atoms with Crippen LogP contribution in [0.25, 0.3) is 0 Å².